The van der Waals surface area contributed by atoms with Gasteiger partial charge in [0.05, 0.1) is 34.0 Å². The van der Waals surface area contributed by atoms with Crippen LogP contribution in [0.2, 0.25) is 0 Å². The van der Waals surface area contributed by atoms with Gasteiger partial charge >= 0.3 is 0 Å². The number of hydrogen-bond donors (Lipinski definition) is 2. The van der Waals surface area contributed by atoms with Crippen LogP contribution < -0.4 is 14.8 Å². The summed E-state index contributed by atoms with van der Waals surface area (Å²) in [6.07, 6.45) is 0. The van der Waals surface area contributed by atoms with Crippen molar-refractivity contribution in [2.24, 2.45) is 0 Å². The van der Waals surface area contributed by atoms with Crippen LogP contribution in [0.25, 0.3) is 0 Å². The number of carbonyl (C=O) groups is 1. The van der Waals surface area contributed by atoms with Gasteiger partial charge in [-0.25, -0.2) is 0 Å². The van der Waals surface area contributed by atoms with Crippen molar-refractivity contribution < 1.29 is 24.1 Å². The van der Waals surface area contributed by atoms with Crippen LogP contribution in [0.5, 0.6) is 11.5 Å². The molecule has 1 aromatic rings. The minimum atomic E-state index is -0.639. The Bertz CT molecular complexity index is 517. The molecule has 7 heteroatoms. The Labute approximate surface area is 136 Å². The molecule has 0 radical (unpaired) electrons. The Morgan fingerprint density at radius 1 is 1.35 bits per heavy atom. The SMILES string of the molecule is COc1ccc(CNC(CO)C(=O)N2CCOCC2)c(OC)c1. The second-order valence-corrected chi connectivity index (χ2v) is 5.23. The first-order valence-electron chi connectivity index (χ1n) is 7.61. The lowest BCUT2D eigenvalue weighted by molar-refractivity contribution is -0.138. The van der Waals surface area contributed by atoms with Crippen molar-refractivity contribution in [3.8, 4) is 11.5 Å². The summed E-state index contributed by atoms with van der Waals surface area (Å²) < 4.78 is 15.7. The summed E-state index contributed by atoms with van der Waals surface area (Å²) >= 11 is 0. The second-order valence-electron chi connectivity index (χ2n) is 5.23. The van der Waals surface area contributed by atoms with Crippen LogP contribution in [0.15, 0.2) is 18.2 Å². The molecule has 0 aliphatic carbocycles. The Kier molecular flexibility index (Phi) is 6.64. The molecule has 0 spiro atoms. The van der Waals surface area contributed by atoms with Crippen molar-refractivity contribution in [1.29, 1.82) is 0 Å². The normalized spacial score (nSPS) is 16.0. The first-order chi connectivity index (χ1) is 11.2. The molecule has 1 aliphatic rings. The topological polar surface area (TPSA) is 80.3 Å². The third-order valence-corrected chi connectivity index (χ3v) is 3.84. The highest BCUT2D eigenvalue weighted by molar-refractivity contribution is 5.82. The van der Waals surface area contributed by atoms with Crippen molar-refractivity contribution >= 4 is 5.91 Å². The van der Waals surface area contributed by atoms with Crippen LogP contribution in [0, 0.1) is 0 Å². The lowest BCUT2D eigenvalue weighted by atomic mass is 10.1. The molecule has 23 heavy (non-hydrogen) atoms. The Balaban J connectivity index is 1.98. The maximum absolute atomic E-state index is 12.4. The van der Waals surface area contributed by atoms with Gasteiger partial charge in [-0.2, -0.15) is 0 Å². The van der Waals surface area contributed by atoms with Gasteiger partial charge in [0.15, 0.2) is 0 Å². The van der Waals surface area contributed by atoms with Crippen molar-refractivity contribution in [2.75, 3.05) is 47.1 Å². The van der Waals surface area contributed by atoms with Gasteiger partial charge < -0.3 is 24.2 Å². The van der Waals surface area contributed by atoms with Gasteiger partial charge in [0, 0.05) is 31.3 Å². The van der Waals surface area contributed by atoms with Crippen LogP contribution in [-0.4, -0.2) is 69.1 Å². The van der Waals surface area contributed by atoms with E-state index in [4.69, 9.17) is 14.2 Å². The summed E-state index contributed by atoms with van der Waals surface area (Å²) in [7, 11) is 3.18. The number of aliphatic hydroxyl groups is 1. The van der Waals surface area contributed by atoms with Gasteiger partial charge in [-0.1, -0.05) is 6.07 Å². The predicted octanol–water partition coefficient (Wildman–Crippen LogP) is 0.0131. The average Bonchev–Trinajstić information content (AvgIpc) is 2.62. The van der Waals surface area contributed by atoms with E-state index in [0.29, 0.717) is 44.3 Å². The molecule has 1 aliphatic heterocycles. The Morgan fingerprint density at radius 3 is 2.70 bits per heavy atom. The quantitative estimate of drug-likeness (QED) is 0.736. The predicted molar refractivity (Wildman–Crippen MR) is 84.7 cm³/mol. The number of morpholine rings is 1. The fourth-order valence-electron chi connectivity index (χ4n) is 2.47. The molecule has 128 valence electrons. The molecule has 1 aromatic carbocycles. The van der Waals surface area contributed by atoms with Crippen LogP contribution in [-0.2, 0) is 16.1 Å². The summed E-state index contributed by atoms with van der Waals surface area (Å²) in [5, 5.41) is 12.6. The zero-order valence-electron chi connectivity index (χ0n) is 13.6. The molecule has 0 aromatic heterocycles. The molecule has 2 N–H and O–H groups in total. The van der Waals surface area contributed by atoms with Crippen molar-refractivity contribution in [3.63, 3.8) is 0 Å². The number of nitrogens with one attached hydrogen (secondary N) is 1. The van der Waals surface area contributed by atoms with E-state index in [1.54, 1.807) is 25.2 Å². The highest BCUT2D eigenvalue weighted by atomic mass is 16.5. The minimum absolute atomic E-state index is 0.108. The van der Waals surface area contributed by atoms with Gasteiger partial charge in [0.1, 0.15) is 17.5 Å². The van der Waals surface area contributed by atoms with Crippen LogP contribution in [0.4, 0.5) is 0 Å². The number of carbonyl (C=O) groups excluding carboxylic acids is 1. The summed E-state index contributed by atoms with van der Waals surface area (Å²) in [6.45, 7) is 2.35. The summed E-state index contributed by atoms with van der Waals surface area (Å²) in [4.78, 5) is 14.1. The van der Waals surface area contributed by atoms with E-state index in [2.05, 4.69) is 5.32 Å². The van der Waals surface area contributed by atoms with Crippen molar-refractivity contribution in [3.05, 3.63) is 23.8 Å². The number of rotatable bonds is 7. The van der Waals surface area contributed by atoms with Gasteiger partial charge in [-0.05, 0) is 6.07 Å². The zero-order chi connectivity index (χ0) is 16.7. The van der Waals surface area contributed by atoms with E-state index in [1.807, 2.05) is 12.1 Å². The van der Waals surface area contributed by atoms with Crippen LogP contribution in [0.3, 0.4) is 0 Å². The summed E-state index contributed by atoms with van der Waals surface area (Å²) in [6, 6.07) is 4.85. The summed E-state index contributed by atoms with van der Waals surface area (Å²) in [5.41, 5.74) is 0.890. The van der Waals surface area contributed by atoms with E-state index in [1.165, 1.54) is 0 Å². The number of methoxy groups -OCH3 is 2. The highest BCUT2D eigenvalue weighted by Gasteiger charge is 2.25. The smallest absolute Gasteiger partial charge is 0.242 e. The maximum Gasteiger partial charge on any atom is 0.242 e. The van der Waals surface area contributed by atoms with Crippen molar-refractivity contribution in [1.82, 2.24) is 10.2 Å². The van der Waals surface area contributed by atoms with E-state index >= 15 is 0 Å². The molecular weight excluding hydrogens is 300 g/mol. The molecular formula is C16H24N2O5. The molecule has 7 nitrogen and oxygen atoms in total. The van der Waals surface area contributed by atoms with Crippen LogP contribution >= 0.6 is 0 Å². The molecule has 1 fully saturated rings. The third kappa shape index (κ3) is 4.57. The second kappa shape index (κ2) is 8.71. The van der Waals surface area contributed by atoms with E-state index in [0.717, 1.165) is 5.56 Å². The van der Waals surface area contributed by atoms with Gasteiger partial charge in [-0.3, -0.25) is 10.1 Å². The minimum Gasteiger partial charge on any atom is -0.497 e. The number of aliphatic hydroxyl groups excluding tert-OH is 1. The number of nitrogens with zero attached hydrogens (tertiary/aromatic N) is 1. The fraction of sp³-hybridized carbons (Fsp3) is 0.562. The first kappa shape index (κ1) is 17.5. The molecule has 1 saturated heterocycles. The molecule has 1 unspecified atom stereocenters. The lowest BCUT2D eigenvalue weighted by Gasteiger charge is -2.30. The zero-order valence-corrected chi connectivity index (χ0v) is 13.6. The number of hydrogen-bond acceptors (Lipinski definition) is 6. The molecule has 1 atom stereocenters. The Hall–Kier alpha value is -1.83. The standard InChI is InChI=1S/C16H24N2O5/c1-21-13-4-3-12(15(9-13)22-2)10-17-14(11-19)16(20)18-5-7-23-8-6-18/h3-4,9,14,17,19H,5-8,10-11H2,1-2H3. The Morgan fingerprint density at radius 2 is 2.09 bits per heavy atom. The molecule has 0 bridgehead atoms. The van der Waals surface area contributed by atoms with E-state index in [-0.39, 0.29) is 12.5 Å². The van der Waals surface area contributed by atoms with E-state index < -0.39 is 6.04 Å². The van der Waals surface area contributed by atoms with Crippen LogP contribution in [0.1, 0.15) is 5.56 Å². The van der Waals surface area contributed by atoms with Gasteiger partial charge in [-0.15, -0.1) is 0 Å². The largest absolute Gasteiger partial charge is 0.497 e. The fourth-order valence-corrected chi connectivity index (χ4v) is 2.47. The van der Waals surface area contributed by atoms with Crippen molar-refractivity contribution in [2.45, 2.75) is 12.6 Å². The monoisotopic (exact) mass is 324 g/mol. The van der Waals surface area contributed by atoms with E-state index in [9.17, 15) is 9.90 Å². The molecule has 0 saturated carbocycles. The third-order valence-electron chi connectivity index (χ3n) is 3.84. The average molecular weight is 324 g/mol. The molecule has 1 amide bonds. The first-order valence-corrected chi connectivity index (χ1v) is 7.61. The van der Waals surface area contributed by atoms with Gasteiger partial charge in [0.2, 0.25) is 5.91 Å². The maximum atomic E-state index is 12.4. The lowest BCUT2D eigenvalue weighted by Crippen LogP contribution is -2.51. The van der Waals surface area contributed by atoms with Gasteiger partial charge in [0.25, 0.3) is 0 Å². The number of ether oxygens (including phenoxy) is 3. The highest BCUT2D eigenvalue weighted by Crippen LogP contribution is 2.24. The number of benzene rings is 1. The molecule has 1 heterocycles. The summed E-state index contributed by atoms with van der Waals surface area (Å²) in [5.74, 6) is 1.27. The number of amides is 1. The molecule has 2 rings (SSSR count).